The first-order chi connectivity index (χ1) is 11.3. The van der Waals surface area contributed by atoms with E-state index < -0.39 is 0 Å². The van der Waals surface area contributed by atoms with Crippen LogP contribution in [-0.2, 0) is 17.6 Å². The van der Waals surface area contributed by atoms with Crippen LogP contribution in [0.1, 0.15) is 36.0 Å². The van der Waals surface area contributed by atoms with E-state index in [1.807, 2.05) is 24.3 Å². The van der Waals surface area contributed by atoms with E-state index in [-0.39, 0.29) is 11.8 Å². The van der Waals surface area contributed by atoms with E-state index in [1.165, 1.54) is 0 Å². The van der Waals surface area contributed by atoms with Gasteiger partial charge < -0.3 is 14.6 Å². The minimum atomic E-state index is -0.144. The standard InChI is InChI=1S/C17H19N3O3/c21-17(13-9-12-3-1-2-4-14(12)22-10-13)18-8-7-15-19-16(20-23-15)11-5-6-11/h1-4,11,13H,5-10H2,(H,18,21)/t13-/m0/s1. The van der Waals surface area contributed by atoms with Gasteiger partial charge in [-0.2, -0.15) is 4.98 Å². The Balaban J connectivity index is 1.27. The van der Waals surface area contributed by atoms with Crippen molar-refractivity contribution in [1.82, 2.24) is 15.5 Å². The number of para-hydroxylation sites is 1. The van der Waals surface area contributed by atoms with E-state index in [9.17, 15) is 4.79 Å². The number of hydrogen-bond acceptors (Lipinski definition) is 5. The van der Waals surface area contributed by atoms with Crippen molar-refractivity contribution in [2.75, 3.05) is 13.2 Å². The largest absolute Gasteiger partial charge is 0.492 e. The van der Waals surface area contributed by atoms with E-state index in [0.717, 1.165) is 30.0 Å². The van der Waals surface area contributed by atoms with Crippen LogP contribution in [0.25, 0.3) is 0 Å². The number of carbonyl (C=O) groups excluding carboxylic acids is 1. The zero-order chi connectivity index (χ0) is 15.6. The van der Waals surface area contributed by atoms with Gasteiger partial charge in [-0.25, -0.2) is 0 Å². The van der Waals surface area contributed by atoms with Crippen molar-refractivity contribution >= 4 is 5.91 Å². The number of hydrogen-bond donors (Lipinski definition) is 1. The third-order valence-electron chi connectivity index (χ3n) is 4.31. The number of amides is 1. The molecule has 1 aromatic heterocycles. The van der Waals surface area contributed by atoms with Gasteiger partial charge in [-0.1, -0.05) is 23.4 Å². The first-order valence-electron chi connectivity index (χ1n) is 8.10. The first-order valence-corrected chi connectivity index (χ1v) is 8.10. The molecule has 1 N–H and O–H groups in total. The van der Waals surface area contributed by atoms with Gasteiger partial charge >= 0.3 is 0 Å². The number of nitrogens with one attached hydrogen (secondary N) is 1. The molecule has 6 nitrogen and oxygen atoms in total. The van der Waals surface area contributed by atoms with Crippen molar-refractivity contribution in [3.63, 3.8) is 0 Å². The number of aromatic nitrogens is 2. The van der Waals surface area contributed by atoms with Gasteiger partial charge in [0, 0.05) is 18.9 Å². The molecule has 1 saturated carbocycles. The SMILES string of the molecule is O=C(NCCc1nc(C2CC2)no1)[C@@H]1COc2ccccc2C1. The van der Waals surface area contributed by atoms with E-state index in [0.29, 0.717) is 37.8 Å². The van der Waals surface area contributed by atoms with Gasteiger partial charge in [-0.05, 0) is 30.9 Å². The Hall–Kier alpha value is -2.37. The molecule has 2 aliphatic rings. The van der Waals surface area contributed by atoms with Gasteiger partial charge in [-0.3, -0.25) is 4.79 Å². The summed E-state index contributed by atoms with van der Waals surface area (Å²) in [7, 11) is 0. The maximum absolute atomic E-state index is 12.3. The summed E-state index contributed by atoms with van der Waals surface area (Å²) in [5.41, 5.74) is 1.09. The van der Waals surface area contributed by atoms with Gasteiger partial charge in [0.25, 0.3) is 0 Å². The summed E-state index contributed by atoms with van der Waals surface area (Å²) in [5.74, 6) is 2.65. The number of rotatable bonds is 5. The zero-order valence-corrected chi connectivity index (χ0v) is 12.8. The van der Waals surface area contributed by atoms with E-state index in [1.54, 1.807) is 0 Å². The number of benzene rings is 1. The molecule has 0 unspecified atom stereocenters. The number of nitrogens with zero attached hydrogens (tertiary/aromatic N) is 2. The van der Waals surface area contributed by atoms with Crippen molar-refractivity contribution in [1.29, 1.82) is 0 Å². The number of ether oxygens (including phenoxy) is 1. The average molecular weight is 313 g/mol. The van der Waals surface area contributed by atoms with Gasteiger partial charge in [0.05, 0.1) is 5.92 Å². The second-order valence-electron chi connectivity index (χ2n) is 6.18. The van der Waals surface area contributed by atoms with Gasteiger partial charge in [-0.15, -0.1) is 0 Å². The lowest BCUT2D eigenvalue weighted by molar-refractivity contribution is -0.126. The Kier molecular flexibility index (Phi) is 3.73. The predicted molar refractivity (Wildman–Crippen MR) is 82.1 cm³/mol. The van der Waals surface area contributed by atoms with Crippen LogP contribution in [-0.4, -0.2) is 29.2 Å². The third kappa shape index (κ3) is 3.21. The van der Waals surface area contributed by atoms with E-state index >= 15 is 0 Å². The quantitative estimate of drug-likeness (QED) is 0.911. The molecular formula is C17H19N3O3. The first kappa shape index (κ1) is 14.2. The summed E-state index contributed by atoms with van der Waals surface area (Å²) < 4.78 is 10.9. The fourth-order valence-corrected chi connectivity index (χ4v) is 2.81. The van der Waals surface area contributed by atoms with Crippen LogP contribution in [0.3, 0.4) is 0 Å². The highest BCUT2D eigenvalue weighted by Crippen LogP contribution is 2.38. The average Bonchev–Trinajstić information content (AvgIpc) is 3.33. The minimum absolute atomic E-state index is 0.0152. The summed E-state index contributed by atoms with van der Waals surface area (Å²) in [6, 6.07) is 7.86. The van der Waals surface area contributed by atoms with E-state index in [2.05, 4.69) is 15.5 Å². The maximum Gasteiger partial charge on any atom is 0.228 e. The number of fused-ring (bicyclic) bond motifs is 1. The molecule has 1 amide bonds. The van der Waals surface area contributed by atoms with Crippen LogP contribution in [0.15, 0.2) is 28.8 Å². The van der Waals surface area contributed by atoms with Crippen molar-refractivity contribution in [2.45, 2.75) is 31.6 Å². The van der Waals surface area contributed by atoms with E-state index in [4.69, 9.17) is 9.26 Å². The van der Waals surface area contributed by atoms with Crippen LogP contribution in [0.2, 0.25) is 0 Å². The molecule has 1 aliphatic carbocycles. The van der Waals surface area contributed by atoms with Crippen LogP contribution < -0.4 is 10.1 Å². The van der Waals surface area contributed by atoms with Gasteiger partial charge in [0.2, 0.25) is 11.8 Å². The van der Waals surface area contributed by atoms with Crippen LogP contribution in [0, 0.1) is 5.92 Å². The highest BCUT2D eigenvalue weighted by Gasteiger charge is 2.29. The topological polar surface area (TPSA) is 77.3 Å². The molecule has 2 heterocycles. The van der Waals surface area contributed by atoms with Gasteiger partial charge in [0.15, 0.2) is 5.82 Å². The summed E-state index contributed by atoms with van der Waals surface area (Å²) in [6.07, 6.45) is 3.59. The van der Waals surface area contributed by atoms with Crippen molar-refractivity contribution < 1.29 is 14.1 Å². The van der Waals surface area contributed by atoms with Crippen LogP contribution >= 0.6 is 0 Å². The molecule has 0 saturated heterocycles. The lowest BCUT2D eigenvalue weighted by atomic mass is 9.96. The minimum Gasteiger partial charge on any atom is -0.492 e. The summed E-state index contributed by atoms with van der Waals surface area (Å²) in [4.78, 5) is 16.6. The normalized spacial score (nSPS) is 19.7. The molecule has 0 radical (unpaired) electrons. The maximum atomic E-state index is 12.3. The van der Waals surface area contributed by atoms with Crippen LogP contribution in [0.4, 0.5) is 0 Å². The van der Waals surface area contributed by atoms with Crippen molar-refractivity contribution in [2.24, 2.45) is 5.92 Å². The highest BCUT2D eigenvalue weighted by atomic mass is 16.5. The highest BCUT2D eigenvalue weighted by molar-refractivity contribution is 5.79. The van der Waals surface area contributed by atoms with Crippen LogP contribution in [0.5, 0.6) is 5.75 Å². The summed E-state index contributed by atoms with van der Waals surface area (Å²) in [5, 5.41) is 6.91. The molecule has 6 heteroatoms. The van der Waals surface area contributed by atoms with Crippen molar-refractivity contribution in [3.05, 3.63) is 41.5 Å². The van der Waals surface area contributed by atoms with Crippen molar-refractivity contribution in [3.8, 4) is 5.75 Å². The monoisotopic (exact) mass is 313 g/mol. The smallest absolute Gasteiger partial charge is 0.228 e. The second kappa shape index (κ2) is 6.02. The Morgan fingerprint density at radius 3 is 3.04 bits per heavy atom. The molecule has 4 rings (SSSR count). The molecule has 23 heavy (non-hydrogen) atoms. The molecule has 1 atom stereocenters. The molecule has 0 bridgehead atoms. The number of carbonyl (C=O) groups is 1. The Morgan fingerprint density at radius 2 is 2.17 bits per heavy atom. The Morgan fingerprint density at radius 1 is 1.30 bits per heavy atom. The molecule has 1 aromatic carbocycles. The fraction of sp³-hybridized carbons (Fsp3) is 0.471. The predicted octanol–water partition coefficient (Wildman–Crippen LogP) is 1.86. The molecule has 0 spiro atoms. The Bertz CT molecular complexity index is 709. The zero-order valence-electron chi connectivity index (χ0n) is 12.8. The third-order valence-corrected chi connectivity index (χ3v) is 4.31. The lowest BCUT2D eigenvalue weighted by Gasteiger charge is -2.24. The molecular weight excluding hydrogens is 294 g/mol. The fourth-order valence-electron chi connectivity index (χ4n) is 2.81. The molecule has 2 aromatic rings. The summed E-state index contributed by atoms with van der Waals surface area (Å²) in [6.45, 7) is 0.929. The molecule has 120 valence electrons. The lowest BCUT2D eigenvalue weighted by Crippen LogP contribution is -2.38. The summed E-state index contributed by atoms with van der Waals surface area (Å²) >= 11 is 0. The molecule has 1 aliphatic heterocycles. The molecule has 1 fully saturated rings. The second-order valence-corrected chi connectivity index (χ2v) is 6.18. The van der Waals surface area contributed by atoms with Gasteiger partial charge in [0.1, 0.15) is 12.4 Å². The Labute approximate surface area is 134 Å².